The lowest BCUT2D eigenvalue weighted by Gasteiger charge is -2.14. The van der Waals surface area contributed by atoms with Crippen LogP contribution in [0.2, 0.25) is 0 Å². The predicted molar refractivity (Wildman–Crippen MR) is 141 cm³/mol. The maximum absolute atomic E-state index is 12.8. The molecular formula is C28H26N2O5S. The van der Waals surface area contributed by atoms with Crippen molar-refractivity contribution in [3.8, 4) is 11.5 Å². The van der Waals surface area contributed by atoms with Crippen molar-refractivity contribution in [3.05, 3.63) is 94.4 Å². The summed E-state index contributed by atoms with van der Waals surface area (Å²) >= 11 is 0.892. The van der Waals surface area contributed by atoms with Crippen LogP contribution in [0.25, 0.3) is 6.08 Å². The lowest BCUT2D eigenvalue weighted by molar-refractivity contribution is -0.123. The lowest BCUT2D eigenvalue weighted by Crippen LogP contribution is -2.32. The number of thioether (sulfide) groups is 1. The number of hydrogen-bond donors (Lipinski definition) is 1. The van der Waals surface area contributed by atoms with Gasteiger partial charge in [0.2, 0.25) is 0 Å². The van der Waals surface area contributed by atoms with Crippen molar-refractivity contribution in [1.82, 2.24) is 4.90 Å². The van der Waals surface area contributed by atoms with Gasteiger partial charge in [-0.15, -0.1) is 0 Å². The van der Waals surface area contributed by atoms with Gasteiger partial charge in [-0.2, -0.15) is 0 Å². The zero-order valence-electron chi connectivity index (χ0n) is 20.0. The first-order valence-corrected chi connectivity index (χ1v) is 12.2. The van der Waals surface area contributed by atoms with Crippen LogP contribution in [0.3, 0.4) is 0 Å². The molecule has 1 saturated heterocycles. The normalized spacial score (nSPS) is 14.3. The topological polar surface area (TPSA) is 84.9 Å². The number of amides is 3. The smallest absolute Gasteiger partial charge is 0.293 e. The third kappa shape index (κ3) is 6.55. The number of rotatable bonds is 9. The Labute approximate surface area is 214 Å². The van der Waals surface area contributed by atoms with Crippen LogP contribution in [0.4, 0.5) is 10.5 Å². The molecule has 0 radical (unpaired) electrons. The summed E-state index contributed by atoms with van der Waals surface area (Å²) in [5, 5.41) is 2.42. The van der Waals surface area contributed by atoms with Crippen molar-refractivity contribution < 1.29 is 23.9 Å². The first kappa shape index (κ1) is 25.1. The van der Waals surface area contributed by atoms with Crippen LogP contribution in [0.15, 0.2) is 77.7 Å². The minimum absolute atomic E-state index is 0.157. The number of imide groups is 1. The number of nitrogens with one attached hydrogen (secondary N) is 1. The average Bonchev–Trinajstić information content (AvgIpc) is 3.13. The van der Waals surface area contributed by atoms with Crippen LogP contribution in [-0.4, -0.2) is 41.7 Å². The number of hydrogen-bond acceptors (Lipinski definition) is 6. The van der Waals surface area contributed by atoms with Gasteiger partial charge in [0.15, 0.2) is 6.61 Å². The highest BCUT2D eigenvalue weighted by atomic mass is 32.2. The van der Waals surface area contributed by atoms with Gasteiger partial charge in [0, 0.05) is 5.69 Å². The van der Waals surface area contributed by atoms with Gasteiger partial charge in [0.05, 0.1) is 11.4 Å². The summed E-state index contributed by atoms with van der Waals surface area (Å²) in [6.07, 6.45) is 1.65. The molecule has 0 unspecified atom stereocenters. The fourth-order valence-corrected chi connectivity index (χ4v) is 4.38. The average molecular weight is 503 g/mol. The molecule has 1 aliphatic heterocycles. The Balaban J connectivity index is 1.33. The van der Waals surface area contributed by atoms with E-state index in [1.807, 2.05) is 50.2 Å². The van der Waals surface area contributed by atoms with Gasteiger partial charge in [0.1, 0.15) is 18.1 Å². The molecule has 0 spiro atoms. The van der Waals surface area contributed by atoms with Crippen molar-refractivity contribution in [1.29, 1.82) is 0 Å². The Bertz CT molecular complexity index is 1310. The molecule has 1 aliphatic rings. The molecular weight excluding hydrogens is 476 g/mol. The van der Waals surface area contributed by atoms with Gasteiger partial charge in [-0.3, -0.25) is 19.3 Å². The highest BCUT2D eigenvalue weighted by molar-refractivity contribution is 8.18. The minimum Gasteiger partial charge on any atom is -0.491 e. The molecule has 1 heterocycles. The first-order chi connectivity index (χ1) is 17.4. The number of nitrogens with zero attached hydrogens (tertiary/aromatic N) is 1. The van der Waals surface area contributed by atoms with E-state index in [4.69, 9.17) is 9.47 Å². The van der Waals surface area contributed by atoms with Crippen molar-refractivity contribution >= 4 is 40.6 Å². The second-order valence-corrected chi connectivity index (χ2v) is 9.22. The molecule has 8 heteroatoms. The fraction of sp³-hybridized carbons (Fsp3) is 0.179. The molecule has 1 N–H and O–H groups in total. The Morgan fingerprint density at radius 3 is 2.58 bits per heavy atom. The van der Waals surface area contributed by atoms with E-state index >= 15 is 0 Å². The maximum atomic E-state index is 12.8. The summed E-state index contributed by atoms with van der Waals surface area (Å²) in [6.45, 7) is 4.15. The number of aryl methyl sites for hydroxylation is 2. The molecule has 0 saturated carbocycles. The van der Waals surface area contributed by atoms with Gasteiger partial charge in [-0.05, 0) is 78.7 Å². The Morgan fingerprint density at radius 1 is 0.972 bits per heavy atom. The van der Waals surface area contributed by atoms with Crippen LogP contribution in [-0.2, 0) is 9.59 Å². The van der Waals surface area contributed by atoms with Crippen LogP contribution >= 0.6 is 11.8 Å². The van der Waals surface area contributed by atoms with Gasteiger partial charge >= 0.3 is 0 Å². The molecule has 184 valence electrons. The SMILES string of the molecule is Cc1ccc(C)c(OCCN2C(=O)S/C(=C\c3cccc(OCC(=O)Nc4ccccc4)c3)C2=O)c1. The molecule has 0 atom stereocenters. The Hall–Kier alpha value is -4.04. The fourth-order valence-electron chi connectivity index (χ4n) is 3.52. The van der Waals surface area contributed by atoms with E-state index in [9.17, 15) is 14.4 Å². The van der Waals surface area contributed by atoms with Crippen LogP contribution in [0.1, 0.15) is 16.7 Å². The monoisotopic (exact) mass is 502 g/mol. The highest BCUT2D eigenvalue weighted by Gasteiger charge is 2.34. The van der Waals surface area contributed by atoms with E-state index in [0.29, 0.717) is 21.9 Å². The van der Waals surface area contributed by atoms with Gasteiger partial charge in [-0.1, -0.05) is 42.5 Å². The van der Waals surface area contributed by atoms with Gasteiger partial charge in [-0.25, -0.2) is 0 Å². The maximum Gasteiger partial charge on any atom is 0.293 e. The van der Waals surface area contributed by atoms with Crippen molar-refractivity contribution in [2.45, 2.75) is 13.8 Å². The standard InChI is InChI=1S/C28H26N2O5S/c1-19-11-12-20(2)24(15-19)34-14-13-30-27(32)25(36-28(30)33)17-21-7-6-10-23(16-21)35-18-26(31)29-22-8-4-3-5-9-22/h3-12,15-17H,13-14,18H2,1-2H3,(H,29,31)/b25-17-. The summed E-state index contributed by atoms with van der Waals surface area (Å²) in [5.74, 6) is 0.582. The van der Waals surface area contributed by atoms with Crippen molar-refractivity contribution in [3.63, 3.8) is 0 Å². The largest absolute Gasteiger partial charge is 0.491 e. The summed E-state index contributed by atoms with van der Waals surface area (Å²) < 4.78 is 11.4. The number of para-hydroxylation sites is 1. The molecule has 1 fully saturated rings. The molecule has 0 bridgehead atoms. The number of benzene rings is 3. The van der Waals surface area contributed by atoms with Crippen LogP contribution in [0.5, 0.6) is 11.5 Å². The van der Waals surface area contributed by atoms with E-state index < -0.39 is 0 Å². The van der Waals surface area contributed by atoms with E-state index in [-0.39, 0.29) is 36.8 Å². The summed E-state index contributed by atoms with van der Waals surface area (Å²) in [7, 11) is 0. The number of carbonyl (C=O) groups is 3. The third-order valence-electron chi connectivity index (χ3n) is 5.37. The number of anilines is 1. The van der Waals surface area contributed by atoms with Gasteiger partial charge < -0.3 is 14.8 Å². The van der Waals surface area contributed by atoms with Crippen LogP contribution < -0.4 is 14.8 Å². The molecule has 0 aliphatic carbocycles. The molecule has 4 rings (SSSR count). The lowest BCUT2D eigenvalue weighted by atomic mass is 10.1. The zero-order valence-corrected chi connectivity index (χ0v) is 20.8. The predicted octanol–water partition coefficient (Wildman–Crippen LogP) is 5.44. The second-order valence-electron chi connectivity index (χ2n) is 8.23. The Kier molecular flexibility index (Phi) is 8.07. The molecule has 3 amide bonds. The van der Waals surface area contributed by atoms with Crippen molar-refractivity contribution in [2.75, 3.05) is 25.1 Å². The molecule has 3 aromatic rings. The molecule has 3 aromatic carbocycles. The van der Waals surface area contributed by atoms with Crippen molar-refractivity contribution in [2.24, 2.45) is 0 Å². The number of carbonyl (C=O) groups excluding carboxylic acids is 3. The van der Waals surface area contributed by atoms with E-state index in [0.717, 1.165) is 28.6 Å². The summed E-state index contributed by atoms with van der Waals surface area (Å²) in [5.41, 5.74) is 3.45. The van der Waals surface area contributed by atoms with E-state index in [2.05, 4.69) is 5.32 Å². The number of ether oxygens (including phenoxy) is 2. The van der Waals surface area contributed by atoms with E-state index in [1.165, 1.54) is 4.90 Å². The Morgan fingerprint density at radius 2 is 1.78 bits per heavy atom. The summed E-state index contributed by atoms with van der Waals surface area (Å²) in [4.78, 5) is 38.9. The third-order valence-corrected chi connectivity index (χ3v) is 6.28. The minimum atomic E-state index is -0.358. The van der Waals surface area contributed by atoms with E-state index in [1.54, 1.807) is 42.5 Å². The zero-order chi connectivity index (χ0) is 25.5. The highest BCUT2D eigenvalue weighted by Crippen LogP contribution is 2.32. The molecule has 7 nitrogen and oxygen atoms in total. The molecule has 0 aromatic heterocycles. The first-order valence-electron chi connectivity index (χ1n) is 11.4. The van der Waals surface area contributed by atoms with Crippen LogP contribution in [0, 0.1) is 13.8 Å². The quantitative estimate of drug-likeness (QED) is 0.393. The summed E-state index contributed by atoms with van der Waals surface area (Å²) in [6, 6.07) is 22.0. The van der Waals surface area contributed by atoms with Gasteiger partial charge in [0.25, 0.3) is 17.1 Å². The molecule has 36 heavy (non-hydrogen) atoms. The second kappa shape index (κ2) is 11.6.